The van der Waals surface area contributed by atoms with Gasteiger partial charge in [-0.1, -0.05) is 20.3 Å². The molecule has 3 atom stereocenters. The summed E-state index contributed by atoms with van der Waals surface area (Å²) in [6.45, 7) is 4.26. The van der Waals surface area contributed by atoms with E-state index in [4.69, 9.17) is 11.5 Å². The summed E-state index contributed by atoms with van der Waals surface area (Å²) in [4.78, 5) is 23.3. The summed E-state index contributed by atoms with van der Waals surface area (Å²) in [6.07, 6.45) is 2.89. The van der Waals surface area contributed by atoms with Crippen LogP contribution < -0.4 is 16.8 Å². The largest absolute Gasteiger partial charge is 0.368 e. The molecular weight excluding hydrogens is 254 g/mol. The van der Waals surface area contributed by atoms with Crippen molar-refractivity contribution in [3.8, 4) is 0 Å². The molecule has 106 valence electrons. The van der Waals surface area contributed by atoms with Crippen LogP contribution in [0.3, 0.4) is 0 Å². The average molecular weight is 278 g/mol. The third-order valence-corrected chi connectivity index (χ3v) is 3.57. The molecule has 0 saturated heterocycles. The van der Waals surface area contributed by atoms with Gasteiger partial charge in [-0.3, -0.25) is 9.59 Å². The summed E-state index contributed by atoms with van der Waals surface area (Å²) in [6, 6.07) is -0.582. The number of carbonyl (C=O) groups is 2. The molecule has 1 aliphatic carbocycles. The lowest BCUT2D eigenvalue weighted by Crippen LogP contribution is -2.50. The van der Waals surface area contributed by atoms with Crippen LogP contribution in [-0.4, -0.2) is 24.4 Å². The number of hydrogen-bond acceptors (Lipinski definition) is 3. The third-order valence-electron chi connectivity index (χ3n) is 3.57. The zero-order chi connectivity index (χ0) is 13.0. The highest BCUT2D eigenvalue weighted by molar-refractivity contribution is 5.88. The van der Waals surface area contributed by atoms with Crippen molar-refractivity contribution in [1.29, 1.82) is 0 Å². The van der Waals surface area contributed by atoms with Gasteiger partial charge in [-0.2, -0.15) is 0 Å². The molecule has 5 nitrogen and oxygen atoms in total. The summed E-state index contributed by atoms with van der Waals surface area (Å²) in [5.74, 6) is -0.350. The van der Waals surface area contributed by atoms with Gasteiger partial charge in [0.2, 0.25) is 11.8 Å². The van der Waals surface area contributed by atoms with Crippen LogP contribution in [0.5, 0.6) is 0 Å². The molecule has 2 amide bonds. The number of carbonyl (C=O) groups excluding carboxylic acids is 2. The first-order valence-corrected chi connectivity index (χ1v) is 6.27. The lowest BCUT2D eigenvalue weighted by atomic mass is 9.94. The Balaban J connectivity index is 0.00000289. The van der Waals surface area contributed by atoms with Crippen molar-refractivity contribution in [3.05, 3.63) is 0 Å². The summed E-state index contributed by atoms with van der Waals surface area (Å²) in [5.41, 5.74) is 10.9. The van der Waals surface area contributed by atoms with Gasteiger partial charge in [-0.15, -0.1) is 12.4 Å². The van der Waals surface area contributed by atoms with Crippen molar-refractivity contribution in [1.82, 2.24) is 5.32 Å². The van der Waals surface area contributed by atoms with E-state index in [9.17, 15) is 9.59 Å². The van der Waals surface area contributed by atoms with Gasteiger partial charge in [0.25, 0.3) is 0 Å². The molecule has 1 saturated carbocycles. The van der Waals surface area contributed by atoms with E-state index in [2.05, 4.69) is 5.32 Å². The van der Waals surface area contributed by atoms with E-state index in [1.54, 1.807) is 0 Å². The average Bonchev–Trinajstić information content (AvgIpc) is 2.72. The molecule has 0 radical (unpaired) electrons. The fourth-order valence-electron chi connectivity index (χ4n) is 2.49. The van der Waals surface area contributed by atoms with Crippen molar-refractivity contribution in [3.63, 3.8) is 0 Å². The predicted octanol–water partition coefficient (Wildman–Crippen LogP) is 0.409. The molecule has 1 unspecified atom stereocenters. The van der Waals surface area contributed by atoms with Gasteiger partial charge in [0.15, 0.2) is 0 Å². The molecule has 0 heterocycles. The Morgan fingerprint density at radius 2 is 1.94 bits per heavy atom. The Morgan fingerprint density at radius 3 is 2.39 bits per heavy atom. The standard InChI is InChI=1S/C12H23N3O2.ClH/c1-7(2)10(11(14)16)15-12(17)9-5-3-4-8(9)6-13;/h7-10H,3-6,13H2,1-2H3,(H2,14,16)(H,15,17);1H/t8-,9-,10?;/m1./s1. The minimum absolute atomic E-state index is 0. The van der Waals surface area contributed by atoms with Crippen molar-refractivity contribution >= 4 is 24.2 Å². The maximum Gasteiger partial charge on any atom is 0.240 e. The van der Waals surface area contributed by atoms with Crippen LogP contribution in [-0.2, 0) is 9.59 Å². The summed E-state index contributed by atoms with van der Waals surface area (Å²) >= 11 is 0. The summed E-state index contributed by atoms with van der Waals surface area (Å²) < 4.78 is 0. The van der Waals surface area contributed by atoms with Crippen LogP contribution in [0.4, 0.5) is 0 Å². The fourth-order valence-corrected chi connectivity index (χ4v) is 2.49. The lowest BCUT2D eigenvalue weighted by molar-refractivity contribution is -0.131. The van der Waals surface area contributed by atoms with Crippen LogP contribution in [0.1, 0.15) is 33.1 Å². The van der Waals surface area contributed by atoms with E-state index in [1.165, 1.54) is 0 Å². The second kappa shape index (κ2) is 7.59. The highest BCUT2D eigenvalue weighted by atomic mass is 35.5. The van der Waals surface area contributed by atoms with Crippen LogP contribution in [0.25, 0.3) is 0 Å². The third kappa shape index (κ3) is 4.14. The zero-order valence-electron chi connectivity index (χ0n) is 11.0. The number of rotatable bonds is 5. The van der Waals surface area contributed by atoms with Gasteiger partial charge >= 0.3 is 0 Å². The van der Waals surface area contributed by atoms with Gasteiger partial charge in [0.05, 0.1) is 0 Å². The number of primary amides is 1. The molecule has 0 aromatic rings. The highest BCUT2D eigenvalue weighted by Crippen LogP contribution is 2.31. The first-order valence-electron chi connectivity index (χ1n) is 6.27. The lowest BCUT2D eigenvalue weighted by Gasteiger charge is -2.23. The first-order chi connectivity index (χ1) is 7.97. The van der Waals surface area contributed by atoms with Crippen molar-refractivity contribution < 1.29 is 9.59 Å². The molecule has 1 aliphatic rings. The Kier molecular flexibility index (Phi) is 7.25. The molecule has 18 heavy (non-hydrogen) atoms. The van der Waals surface area contributed by atoms with Gasteiger partial charge < -0.3 is 16.8 Å². The first kappa shape index (κ1) is 17.2. The number of nitrogens with two attached hydrogens (primary N) is 2. The second-order valence-electron chi connectivity index (χ2n) is 5.17. The van der Waals surface area contributed by atoms with Crippen LogP contribution in [0.2, 0.25) is 0 Å². The molecule has 5 N–H and O–H groups in total. The summed E-state index contributed by atoms with van der Waals surface area (Å²) in [5, 5.41) is 2.75. The second-order valence-corrected chi connectivity index (χ2v) is 5.17. The molecule has 1 rings (SSSR count). The van der Waals surface area contributed by atoms with Gasteiger partial charge in [-0.25, -0.2) is 0 Å². The smallest absolute Gasteiger partial charge is 0.240 e. The van der Waals surface area contributed by atoms with Crippen LogP contribution >= 0.6 is 12.4 Å². The Morgan fingerprint density at radius 1 is 1.33 bits per heavy atom. The Bertz CT molecular complexity index is 297. The van der Waals surface area contributed by atoms with Crippen LogP contribution in [0, 0.1) is 17.8 Å². The van der Waals surface area contributed by atoms with Gasteiger partial charge in [-0.05, 0) is 31.2 Å². The minimum atomic E-state index is -0.582. The minimum Gasteiger partial charge on any atom is -0.368 e. The van der Waals surface area contributed by atoms with E-state index in [-0.39, 0.29) is 36.1 Å². The molecule has 6 heteroatoms. The topological polar surface area (TPSA) is 98.2 Å². The molecule has 0 bridgehead atoms. The Hall–Kier alpha value is -0.810. The number of nitrogens with one attached hydrogen (secondary N) is 1. The highest BCUT2D eigenvalue weighted by Gasteiger charge is 2.34. The molecule has 0 spiro atoms. The fraction of sp³-hybridized carbons (Fsp3) is 0.833. The normalized spacial score (nSPS) is 24.4. The number of hydrogen-bond donors (Lipinski definition) is 3. The van der Waals surface area contributed by atoms with Gasteiger partial charge in [0, 0.05) is 5.92 Å². The zero-order valence-corrected chi connectivity index (χ0v) is 11.8. The molecule has 0 aromatic carbocycles. The quantitative estimate of drug-likeness (QED) is 0.679. The van der Waals surface area contributed by atoms with E-state index < -0.39 is 11.9 Å². The molecule has 1 fully saturated rings. The van der Waals surface area contributed by atoms with Crippen LogP contribution in [0.15, 0.2) is 0 Å². The van der Waals surface area contributed by atoms with Crippen molar-refractivity contribution in [2.75, 3.05) is 6.54 Å². The number of halogens is 1. The maximum absolute atomic E-state index is 12.1. The SMILES string of the molecule is CC(C)C(NC(=O)[C@@H]1CCC[C@@H]1CN)C(N)=O.Cl. The number of amides is 2. The maximum atomic E-state index is 12.1. The molecule has 0 aliphatic heterocycles. The monoisotopic (exact) mass is 277 g/mol. The predicted molar refractivity (Wildman–Crippen MR) is 73.1 cm³/mol. The van der Waals surface area contributed by atoms with Crippen molar-refractivity contribution in [2.45, 2.75) is 39.2 Å². The van der Waals surface area contributed by atoms with Crippen molar-refractivity contribution in [2.24, 2.45) is 29.2 Å². The van der Waals surface area contributed by atoms with E-state index >= 15 is 0 Å². The van der Waals surface area contributed by atoms with E-state index in [0.29, 0.717) is 6.54 Å². The molecular formula is C12H24ClN3O2. The Labute approximate surface area is 114 Å². The molecule has 0 aromatic heterocycles. The summed E-state index contributed by atoms with van der Waals surface area (Å²) in [7, 11) is 0. The van der Waals surface area contributed by atoms with E-state index in [0.717, 1.165) is 19.3 Å². The van der Waals surface area contributed by atoms with E-state index in [1.807, 2.05) is 13.8 Å². The van der Waals surface area contributed by atoms with Gasteiger partial charge in [0.1, 0.15) is 6.04 Å².